The average Bonchev–Trinajstić information content (AvgIpc) is 3.62. The Kier molecular flexibility index (Phi) is 6.48. The van der Waals surface area contributed by atoms with Crippen LogP contribution in [0.4, 0.5) is 10.5 Å². The molecule has 198 valence electrons. The van der Waals surface area contributed by atoms with Crippen LogP contribution in [0.25, 0.3) is 21.8 Å². The number of carbonyl (C=O) groups is 3. The van der Waals surface area contributed by atoms with Crippen molar-refractivity contribution in [3.05, 3.63) is 46.3 Å². The second-order valence-corrected chi connectivity index (χ2v) is 10.9. The SMILES string of the molecule is NC(=O)N(c1cccc2c1C(=O)c1c-2n[nH]c1-c1ccc(C(=O)NC2CCCC(N)C2)s1)N1CCOCC1. The number of nitrogens with one attached hydrogen (secondary N) is 2. The lowest BCUT2D eigenvalue weighted by Crippen LogP contribution is -2.54. The number of fused-ring (bicyclic) bond motifs is 3. The molecule has 12 heteroatoms. The van der Waals surface area contributed by atoms with Crippen LogP contribution in [0, 0.1) is 0 Å². The number of ether oxygens (including phenoxy) is 1. The molecule has 3 aliphatic rings. The van der Waals surface area contributed by atoms with Crippen molar-refractivity contribution in [3.63, 3.8) is 0 Å². The third-order valence-corrected chi connectivity index (χ3v) is 8.45. The molecule has 6 rings (SSSR count). The van der Waals surface area contributed by atoms with Gasteiger partial charge >= 0.3 is 6.03 Å². The summed E-state index contributed by atoms with van der Waals surface area (Å²) >= 11 is 1.30. The Morgan fingerprint density at radius 2 is 1.97 bits per heavy atom. The van der Waals surface area contributed by atoms with E-state index in [-0.39, 0.29) is 23.8 Å². The van der Waals surface area contributed by atoms with Crippen molar-refractivity contribution in [2.45, 2.75) is 37.8 Å². The minimum Gasteiger partial charge on any atom is -0.379 e. The average molecular weight is 536 g/mol. The number of primary amides is 1. The molecule has 1 saturated heterocycles. The first kappa shape index (κ1) is 24.7. The van der Waals surface area contributed by atoms with Gasteiger partial charge in [0.1, 0.15) is 5.69 Å². The highest BCUT2D eigenvalue weighted by Gasteiger charge is 2.38. The molecule has 3 aromatic rings. The fourth-order valence-corrected chi connectivity index (χ4v) is 6.50. The number of H-pyrrole nitrogens is 1. The first-order chi connectivity index (χ1) is 18.4. The molecule has 2 fully saturated rings. The lowest BCUT2D eigenvalue weighted by Gasteiger charge is -2.36. The number of nitrogens with two attached hydrogens (primary N) is 2. The molecule has 3 amide bonds. The number of urea groups is 1. The molecule has 11 nitrogen and oxygen atoms in total. The quantitative estimate of drug-likeness (QED) is 0.305. The van der Waals surface area contributed by atoms with Crippen molar-refractivity contribution in [3.8, 4) is 21.8 Å². The molecule has 1 aromatic carbocycles. The van der Waals surface area contributed by atoms with Crippen molar-refractivity contribution in [1.29, 1.82) is 0 Å². The number of benzene rings is 1. The Hall–Kier alpha value is -3.58. The van der Waals surface area contributed by atoms with Crippen LogP contribution >= 0.6 is 11.3 Å². The first-order valence-electron chi connectivity index (χ1n) is 12.8. The predicted octanol–water partition coefficient (Wildman–Crippen LogP) is 2.48. The second kappa shape index (κ2) is 9.95. The van der Waals surface area contributed by atoms with E-state index in [0.717, 1.165) is 30.6 Å². The number of hydrogen-bond acceptors (Lipinski definition) is 8. The number of carbonyl (C=O) groups excluding carboxylic acids is 3. The van der Waals surface area contributed by atoms with Gasteiger partial charge in [-0.3, -0.25) is 14.7 Å². The van der Waals surface area contributed by atoms with Crippen LogP contribution in [0.3, 0.4) is 0 Å². The summed E-state index contributed by atoms with van der Waals surface area (Å²) in [5.41, 5.74) is 14.8. The molecule has 1 aliphatic heterocycles. The lowest BCUT2D eigenvalue weighted by atomic mass is 9.91. The molecule has 0 radical (unpaired) electrons. The first-order valence-corrected chi connectivity index (χ1v) is 13.6. The number of hydrazine groups is 1. The second-order valence-electron chi connectivity index (χ2n) is 9.83. The van der Waals surface area contributed by atoms with E-state index >= 15 is 0 Å². The Bertz CT molecular complexity index is 1410. The number of hydrogen-bond donors (Lipinski definition) is 4. The summed E-state index contributed by atoms with van der Waals surface area (Å²) in [5, 5.41) is 13.7. The highest BCUT2D eigenvalue weighted by atomic mass is 32.1. The zero-order valence-corrected chi connectivity index (χ0v) is 21.6. The van der Waals surface area contributed by atoms with Gasteiger partial charge in [0, 0.05) is 30.7 Å². The number of aromatic amines is 1. The summed E-state index contributed by atoms with van der Waals surface area (Å²) in [6, 6.07) is 8.41. The van der Waals surface area contributed by atoms with Gasteiger partial charge in [-0.2, -0.15) is 5.10 Å². The van der Waals surface area contributed by atoms with Gasteiger partial charge in [0.05, 0.1) is 45.5 Å². The predicted molar refractivity (Wildman–Crippen MR) is 143 cm³/mol. The molecular weight excluding hydrogens is 506 g/mol. The van der Waals surface area contributed by atoms with E-state index in [9.17, 15) is 14.4 Å². The number of nitrogens with zero attached hydrogens (tertiary/aromatic N) is 3. The molecule has 2 aromatic heterocycles. The minimum atomic E-state index is -0.674. The van der Waals surface area contributed by atoms with Crippen LogP contribution in [0.1, 0.15) is 51.3 Å². The molecule has 1 saturated carbocycles. The monoisotopic (exact) mass is 535 g/mol. The van der Waals surface area contributed by atoms with Crippen molar-refractivity contribution in [2.24, 2.45) is 11.5 Å². The van der Waals surface area contributed by atoms with Gasteiger partial charge in [-0.25, -0.2) is 14.8 Å². The highest BCUT2D eigenvalue weighted by molar-refractivity contribution is 7.17. The molecular formula is C26H29N7O4S. The number of aromatic nitrogens is 2. The number of morpholine rings is 1. The largest absolute Gasteiger partial charge is 0.379 e. The zero-order valence-electron chi connectivity index (χ0n) is 20.7. The highest BCUT2D eigenvalue weighted by Crippen LogP contribution is 2.45. The van der Waals surface area contributed by atoms with E-state index in [1.807, 2.05) is 12.1 Å². The van der Waals surface area contributed by atoms with Crippen LogP contribution in [0.2, 0.25) is 0 Å². The zero-order chi connectivity index (χ0) is 26.4. The van der Waals surface area contributed by atoms with E-state index in [1.54, 1.807) is 23.2 Å². The maximum Gasteiger partial charge on any atom is 0.334 e. The van der Waals surface area contributed by atoms with Gasteiger partial charge in [-0.15, -0.1) is 11.3 Å². The van der Waals surface area contributed by atoms with E-state index in [1.165, 1.54) is 16.3 Å². The van der Waals surface area contributed by atoms with Crippen LogP contribution in [0.5, 0.6) is 0 Å². The third kappa shape index (κ3) is 4.29. The molecule has 0 bridgehead atoms. The smallest absolute Gasteiger partial charge is 0.334 e. The fourth-order valence-electron chi connectivity index (χ4n) is 5.59. The van der Waals surface area contributed by atoms with E-state index in [4.69, 9.17) is 16.2 Å². The van der Waals surface area contributed by atoms with Crippen molar-refractivity contribution in [2.75, 3.05) is 31.3 Å². The van der Waals surface area contributed by atoms with Gasteiger partial charge in [0.15, 0.2) is 5.78 Å². The minimum absolute atomic E-state index is 0.0716. The van der Waals surface area contributed by atoms with Crippen molar-refractivity contribution >= 4 is 34.7 Å². The third-order valence-electron chi connectivity index (χ3n) is 7.35. The van der Waals surface area contributed by atoms with Crippen LogP contribution in [-0.2, 0) is 4.74 Å². The summed E-state index contributed by atoms with van der Waals surface area (Å²) in [6.45, 7) is 1.87. The maximum atomic E-state index is 13.8. The Labute approximate surface area is 223 Å². The topological polar surface area (TPSA) is 160 Å². The number of anilines is 1. The van der Waals surface area contributed by atoms with E-state index in [0.29, 0.717) is 64.9 Å². The van der Waals surface area contributed by atoms with Gasteiger partial charge in [0.2, 0.25) is 0 Å². The van der Waals surface area contributed by atoms with Crippen LogP contribution < -0.4 is 21.8 Å². The maximum absolute atomic E-state index is 13.8. The van der Waals surface area contributed by atoms with Crippen LogP contribution in [-0.4, -0.2) is 71.3 Å². The number of amides is 3. The lowest BCUT2D eigenvalue weighted by molar-refractivity contribution is 0.0364. The number of thiophene rings is 1. The van der Waals surface area contributed by atoms with Crippen LogP contribution in [0.15, 0.2) is 30.3 Å². The standard InChI is InChI=1S/C26H29N7O4S/c27-14-3-1-4-15(13-14)29-25(35)19-8-7-18(38-19)23-21-22(30-31-23)16-5-2-6-17(20(16)24(21)34)33(26(28)36)32-9-11-37-12-10-32/h2,5-8,14-15H,1,3-4,9-13,27H2,(H2,28,36)(H,29,35)(H,30,31). The number of ketones is 1. The molecule has 2 unspecified atom stereocenters. The normalized spacial score (nSPS) is 21.1. The molecule has 2 aliphatic carbocycles. The number of rotatable bonds is 5. The fraction of sp³-hybridized carbons (Fsp3) is 0.385. The molecule has 3 heterocycles. The Morgan fingerprint density at radius 1 is 1.16 bits per heavy atom. The molecule has 0 spiro atoms. The van der Waals surface area contributed by atoms with E-state index < -0.39 is 6.03 Å². The summed E-state index contributed by atoms with van der Waals surface area (Å²) in [5.74, 6) is -0.388. The van der Waals surface area contributed by atoms with Gasteiger partial charge < -0.3 is 21.5 Å². The van der Waals surface area contributed by atoms with E-state index in [2.05, 4.69) is 15.5 Å². The summed E-state index contributed by atoms with van der Waals surface area (Å²) in [4.78, 5) is 40.6. The summed E-state index contributed by atoms with van der Waals surface area (Å²) in [6.07, 6.45) is 3.70. The van der Waals surface area contributed by atoms with Gasteiger partial charge in [0.25, 0.3) is 5.91 Å². The van der Waals surface area contributed by atoms with Crippen molar-refractivity contribution in [1.82, 2.24) is 20.5 Å². The van der Waals surface area contributed by atoms with Gasteiger partial charge in [-0.05, 0) is 43.9 Å². The Morgan fingerprint density at radius 3 is 2.74 bits per heavy atom. The van der Waals surface area contributed by atoms with Gasteiger partial charge in [-0.1, -0.05) is 12.1 Å². The van der Waals surface area contributed by atoms with Crippen molar-refractivity contribution < 1.29 is 19.1 Å². The molecule has 38 heavy (non-hydrogen) atoms. The summed E-state index contributed by atoms with van der Waals surface area (Å²) < 4.78 is 5.41. The molecule has 6 N–H and O–H groups in total. The molecule has 2 atom stereocenters. The summed E-state index contributed by atoms with van der Waals surface area (Å²) in [7, 11) is 0. The Balaban J connectivity index is 1.29.